The molecule has 2 aliphatic rings. The predicted molar refractivity (Wildman–Crippen MR) is 76.5 cm³/mol. The molecule has 1 heterocycles. The Morgan fingerprint density at radius 3 is 3.05 bits per heavy atom. The lowest BCUT2D eigenvalue weighted by Gasteiger charge is -2.22. The maximum absolute atomic E-state index is 10.3. The highest BCUT2D eigenvalue weighted by Gasteiger charge is 2.29. The second-order valence-corrected chi connectivity index (χ2v) is 6.22. The van der Waals surface area contributed by atoms with Crippen LogP contribution in [-0.4, -0.2) is 17.8 Å². The molecular formula is C17H24O2. The van der Waals surface area contributed by atoms with Gasteiger partial charge in [0.15, 0.2) is 0 Å². The zero-order valence-corrected chi connectivity index (χ0v) is 11.8. The fourth-order valence-electron chi connectivity index (χ4n) is 3.67. The first kappa shape index (κ1) is 13.0. The average Bonchev–Trinajstić information content (AvgIpc) is 3.03. The molecule has 104 valence electrons. The SMILES string of the molecule is CC1CCCC1C(O)CCc1ccc2c(c1)CCO2. The monoisotopic (exact) mass is 260 g/mol. The van der Waals surface area contributed by atoms with Crippen molar-refractivity contribution in [3.8, 4) is 5.75 Å². The van der Waals surface area contributed by atoms with Gasteiger partial charge in [-0.2, -0.15) is 0 Å². The Kier molecular flexibility index (Phi) is 3.79. The Balaban J connectivity index is 1.57. The van der Waals surface area contributed by atoms with Crippen molar-refractivity contribution in [3.63, 3.8) is 0 Å². The van der Waals surface area contributed by atoms with Gasteiger partial charge in [0.1, 0.15) is 5.75 Å². The van der Waals surface area contributed by atoms with Crippen molar-refractivity contribution < 1.29 is 9.84 Å². The van der Waals surface area contributed by atoms with E-state index in [1.807, 2.05) is 0 Å². The Bertz CT molecular complexity index is 441. The molecule has 3 unspecified atom stereocenters. The van der Waals surface area contributed by atoms with Crippen LogP contribution < -0.4 is 4.74 Å². The number of ether oxygens (including phenoxy) is 1. The Labute approximate surface area is 115 Å². The van der Waals surface area contributed by atoms with E-state index in [4.69, 9.17) is 4.74 Å². The standard InChI is InChI=1S/C17H24O2/c1-12-3-2-4-15(12)16(18)7-5-13-6-8-17-14(11-13)9-10-19-17/h6,8,11-12,15-16,18H,2-5,7,9-10H2,1H3. The predicted octanol–water partition coefficient (Wildman–Crippen LogP) is 3.35. The fourth-order valence-corrected chi connectivity index (χ4v) is 3.67. The minimum atomic E-state index is -0.123. The third kappa shape index (κ3) is 2.79. The van der Waals surface area contributed by atoms with Gasteiger partial charge in [-0.05, 0) is 48.3 Å². The lowest BCUT2D eigenvalue weighted by atomic mass is 9.89. The molecule has 2 heteroatoms. The van der Waals surface area contributed by atoms with Gasteiger partial charge in [0.25, 0.3) is 0 Å². The molecule has 1 aliphatic heterocycles. The van der Waals surface area contributed by atoms with E-state index in [1.165, 1.54) is 30.4 Å². The molecule has 1 fully saturated rings. The highest BCUT2D eigenvalue weighted by molar-refractivity contribution is 5.39. The molecule has 0 bridgehead atoms. The van der Waals surface area contributed by atoms with Crippen LogP contribution in [-0.2, 0) is 12.8 Å². The number of aliphatic hydroxyl groups is 1. The van der Waals surface area contributed by atoms with Gasteiger partial charge in [0.05, 0.1) is 12.7 Å². The number of aryl methyl sites for hydroxylation is 1. The van der Waals surface area contributed by atoms with E-state index in [1.54, 1.807) is 0 Å². The van der Waals surface area contributed by atoms with E-state index in [9.17, 15) is 5.11 Å². The van der Waals surface area contributed by atoms with Crippen LogP contribution in [0.1, 0.15) is 43.7 Å². The van der Waals surface area contributed by atoms with Gasteiger partial charge >= 0.3 is 0 Å². The van der Waals surface area contributed by atoms with Crippen LogP contribution in [0.25, 0.3) is 0 Å². The van der Waals surface area contributed by atoms with Gasteiger partial charge in [-0.3, -0.25) is 0 Å². The molecule has 3 atom stereocenters. The van der Waals surface area contributed by atoms with Gasteiger partial charge in [0, 0.05) is 6.42 Å². The second-order valence-electron chi connectivity index (χ2n) is 6.22. The van der Waals surface area contributed by atoms with Crippen molar-refractivity contribution in [1.82, 2.24) is 0 Å². The number of aliphatic hydroxyl groups excluding tert-OH is 1. The minimum absolute atomic E-state index is 0.123. The van der Waals surface area contributed by atoms with Crippen LogP contribution in [0.5, 0.6) is 5.75 Å². The van der Waals surface area contributed by atoms with Crippen molar-refractivity contribution in [3.05, 3.63) is 29.3 Å². The van der Waals surface area contributed by atoms with Crippen molar-refractivity contribution in [2.24, 2.45) is 11.8 Å². The van der Waals surface area contributed by atoms with Crippen molar-refractivity contribution in [2.45, 2.75) is 51.6 Å². The van der Waals surface area contributed by atoms with Gasteiger partial charge in [-0.1, -0.05) is 31.9 Å². The summed E-state index contributed by atoms with van der Waals surface area (Å²) in [5.41, 5.74) is 2.68. The van der Waals surface area contributed by atoms with E-state index in [2.05, 4.69) is 25.1 Å². The van der Waals surface area contributed by atoms with E-state index in [-0.39, 0.29) is 6.10 Å². The first-order valence-electron chi connectivity index (χ1n) is 7.66. The van der Waals surface area contributed by atoms with Gasteiger partial charge in [-0.25, -0.2) is 0 Å². The summed E-state index contributed by atoms with van der Waals surface area (Å²) >= 11 is 0. The maximum Gasteiger partial charge on any atom is 0.122 e. The van der Waals surface area contributed by atoms with Gasteiger partial charge in [-0.15, -0.1) is 0 Å². The first-order chi connectivity index (χ1) is 9.24. The summed E-state index contributed by atoms with van der Waals surface area (Å²) in [6.07, 6.45) is 6.58. The van der Waals surface area contributed by atoms with E-state index < -0.39 is 0 Å². The summed E-state index contributed by atoms with van der Waals surface area (Å²) in [6.45, 7) is 3.11. The summed E-state index contributed by atoms with van der Waals surface area (Å²) in [5, 5.41) is 10.3. The van der Waals surface area contributed by atoms with Gasteiger partial charge in [0.2, 0.25) is 0 Å². The minimum Gasteiger partial charge on any atom is -0.493 e. The summed E-state index contributed by atoms with van der Waals surface area (Å²) in [5.74, 6) is 2.27. The molecule has 19 heavy (non-hydrogen) atoms. The van der Waals surface area contributed by atoms with E-state index in [0.717, 1.165) is 31.6 Å². The molecule has 1 saturated carbocycles. The lowest BCUT2D eigenvalue weighted by Crippen LogP contribution is -2.23. The molecule has 0 radical (unpaired) electrons. The highest BCUT2D eigenvalue weighted by Crippen LogP contribution is 2.35. The normalized spacial score (nSPS) is 27.1. The zero-order valence-electron chi connectivity index (χ0n) is 11.8. The number of rotatable bonds is 4. The van der Waals surface area contributed by atoms with Crippen LogP contribution >= 0.6 is 0 Å². The first-order valence-corrected chi connectivity index (χ1v) is 7.66. The largest absolute Gasteiger partial charge is 0.493 e. The summed E-state index contributed by atoms with van der Waals surface area (Å²) in [7, 11) is 0. The number of hydrogen-bond acceptors (Lipinski definition) is 2. The number of hydrogen-bond donors (Lipinski definition) is 1. The number of benzene rings is 1. The maximum atomic E-state index is 10.3. The third-order valence-corrected chi connectivity index (χ3v) is 4.90. The molecule has 3 rings (SSSR count). The van der Waals surface area contributed by atoms with Crippen LogP contribution in [0, 0.1) is 11.8 Å². The summed E-state index contributed by atoms with van der Waals surface area (Å²) < 4.78 is 5.52. The molecule has 1 aliphatic carbocycles. The Morgan fingerprint density at radius 1 is 1.37 bits per heavy atom. The van der Waals surface area contributed by atoms with Gasteiger partial charge < -0.3 is 9.84 Å². The lowest BCUT2D eigenvalue weighted by molar-refractivity contribution is 0.0822. The number of fused-ring (bicyclic) bond motifs is 1. The summed E-state index contributed by atoms with van der Waals surface area (Å²) in [6, 6.07) is 6.49. The molecule has 1 aromatic rings. The molecule has 1 N–H and O–H groups in total. The summed E-state index contributed by atoms with van der Waals surface area (Å²) in [4.78, 5) is 0. The van der Waals surface area contributed by atoms with E-state index >= 15 is 0 Å². The van der Waals surface area contributed by atoms with Crippen LogP contribution in [0.15, 0.2) is 18.2 Å². The quantitative estimate of drug-likeness (QED) is 0.899. The van der Waals surface area contributed by atoms with E-state index in [0.29, 0.717) is 11.8 Å². The molecule has 0 spiro atoms. The average molecular weight is 260 g/mol. The van der Waals surface area contributed by atoms with Crippen LogP contribution in [0.3, 0.4) is 0 Å². The topological polar surface area (TPSA) is 29.5 Å². The molecule has 0 amide bonds. The van der Waals surface area contributed by atoms with Crippen molar-refractivity contribution in [1.29, 1.82) is 0 Å². The van der Waals surface area contributed by atoms with Crippen molar-refractivity contribution >= 4 is 0 Å². The zero-order chi connectivity index (χ0) is 13.2. The molecule has 0 aromatic heterocycles. The molecule has 1 aromatic carbocycles. The third-order valence-electron chi connectivity index (χ3n) is 4.90. The van der Waals surface area contributed by atoms with Crippen LogP contribution in [0.2, 0.25) is 0 Å². The molecule has 0 saturated heterocycles. The highest BCUT2D eigenvalue weighted by atomic mass is 16.5. The second kappa shape index (κ2) is 5.54. The Morgan fingerprint density at radius 2 is 2.26 bits per heavy atom. The molecular weight excluding hydrogens is 236 g/mol. The fraction of sp³-hybridized carbons (Fsp3) is 0.647. The van der Waals surface area contributed by atoms with Crippen molar-refractivity contribution in [2.75, 3.05) is 6.61 Å². The molecule has 2 nitrogen and oxygen atoms in total. The van der Waals surface area contributed by atoms with Crippen LogP contribution in [0.4, 0.5) is 0 Å². The Hall–Kier alpha value is -1.02. The smallest absolute Gasteiger partial charge is 0.122 e.